The van der Waals surface area contributed by atoms with Gasteiger partial charge in [-0.15, -0.1) is 0 Å². The lowest BCUT2D eigenvalue weighted by Crippen LogP contribution is -2.48. The molecule has 5 nitrogen and oxygen atoms in total. The number of imide groups is 1. The van der Waals surface area contributed by atoms with E-state index in [0.29, 0.717) is 16.8 Å². The van der Waals surface area contributed by atoms with Gasteiger partial charge in [-0.1, -0.05) is 57.9 Å². The second kappa shape index (κ2) is 8.24. The fourth-order valence-corrected chi connectivity index (χ4v) is 3.88. The number of amides is 3. The van der Waals surface area contributed by atoms with Crippen molar-refractivity contribution in [2.24, 2.45) is 0 Å². The summed E-state index contributed by atoms with van der Waals surface area (Å²) >= 11 is 3.37. The largest absolute Gasteiger partial charge is 0.324 e. The van der Waals surface area contributed by atoms with Crippen LogP contribution in [-0.4, -0.2) is 28.7 Å². The van der Waals surface area contributed by atoms with Crippen LogP contribution in [0.15, 0.2) is 77.3 Å². The summed E-state index contributed by atoms with van der Waals surface area (Å²) in [6, 6.07) is 20.5. The average molecular weight is 463 g/mol. The van der Waals surface area contributed by atoms with Gasteiger partial charge in [0.2, 0.25) is 5.91 Å². The van der Waals surface area contributed by atoms with Crippen LogP contribution in [0.3, 0.4) is 0 Å². The van der Waals surface area contributed by atoms with E-state index in [4.69, 9.17) is 0 Å². The summed E-state index contributed by atoms with van der Waals surface area (Å²) in [7, 11) is 0. The van der Waals surface area contributed by atoms with Crippen molar-refractivity contribution in [2.75, 3.05) is 5.32 Å². The van der Waals surface area contributed by atoms with Crippen molar-refractivity contribution in [3.05, 3.63) is 99.5 Å². The molecule has 1 aliphatic heterocycles. The van der Waals surface area contributed by atoms with E-state index in [1.54, 1.807) is 36.4 Å². The zero-order valence-electron chi connectivity index (χ0n) is 16.3. The van der Waals surface area contributed by atoms with Crippen LogP contribution >= 0.6 is 15.9 Å². The number of aryl methyl sites for hydroxylation is 1. The maximum atomic E-state index is 13.2. The Kier molecular flexibility index (Phi) is 5.50. The van der Waals surface area contributed by atoms with Crippen molar-refractivity contribution >= 4 is 39.3 Å². The van der Waals surface area contributed by atoms with Gasteiger partial charge in [0.15, 0.2) is 0 Å². The van der Waals surface area contributed by atoms with Crippen LogP contribution in [0.5, 0.6) is 0 Å². The van der Waals surface area contributed by atoms with Crippen molar-refractivity contribution in [3.8, 4) is 0 Å². The minimum absolute atomic E-state index is 0.232. The number of hydrogen-bond acceptors (Lipinski definition) is 3. The number of hydrogen-bond donors (Lipinski definition) is 1. The Morgan fingerprint density at radius 3 is 2.17 bits per heavy atom. The molecule has 6 heteroatoms. The molecule has 0 aromatic heterocycles. The molecule has 150 valence electrons. The molecule has 30 heavy (non-hydrogen) atoms. The Morgan fingerprint density at radius 1 is 0.933 bits per heavy atom. The molecule has 0 fully saturated rings. The Morgan fingerprint density at radius 2 is 1.57 bits per heavy atom. The van der Waals surface area contributed by atoms with Gasteiger partial charge in [-0.3, -0.25) is 19.3 Å². The van der Waals surface area contributed by atoms with Crippen LogP contribution in [0.1, 0.15) is 31.8 Å². The molecule has 0 spiro atoms. The van der Waals surface area contributed by atoms with Crippen LogP contribution < -0.4 is 5.32 Å². The van der Waals surface area contributed by atoms with E-state index >= 15 is 0 Å². The van der Waals surface area contributed by atoms with Gasteiger partial charge in [-0.05, 0) is 48.9 Å². The lowest BCUT2D eigenvalue weighted by atomic mass is 10.0. The average Bonchev–Trinajstić information content (AvgIpc) is 2.99. The van der Waals surface area contributed by atoms with Crippen LogP contribution in [0.2, 0.25) is 0 Å². The number of anilines is 1. The number of carbonyl (C=O) groups is 3. The highest BCUT2D eigenvalue weighted by molar-refractivity contribution is 9.10. The Hall–Kier alpha value is -3.25. The molecule has 0 bridgehead atoms. The first-order chi connectivity index (χ1) is 14.4. The SMILES string of the molecule is Cc1cccc(CC(C(=O)Nc2ccc(Br)cc2)N2C(=O)c3ccccc3C2=O)c1. The van der Waals surface area contributed by atoms with Crippen molar-refractivity contribution in [1.29, 1.82) is 0 Å². The first-order valence-electron chi connectivity index (χ1n) is 9.53. The molecule has 3 aromatic carbocycles. The third-order valence-corrected chi connectivity index (χ3v) is 5.59. The number of nitrogens with one attached hydrogen (secondary N) is 1. The molecule has 3 amide bonds. The summed E-state index contributed by atoms with van der Waals surface area (Å²) in [6.45, 7) is 1.96. The summed E-state index contributed by atoms with van der Waals surface area (Å²) in [5, 5.41) is 2.84. The standard InChI is InChI=1S/C24H19BrN2O3/c1-15-5-4-6-16(13-15)14-21(22(28)26-18-11-9-17(25)10-12-18)27-23(29)19-7-2-3-8-20(19)24(27)30/h2-13,21H,14H2,1H3,(H,26,28). The molecule has 0 radical (unpaired) electrons. The van der Waals surface area contributed by atoms with Crippen molar-refractivity contribution < 1.29 is 14.4 Å². The molecule has 0 saturated carbocycles. The summed E-state index contributed by atoms with van der Waals surface area (Å²) in [6.07, 6.45) is 0.232. The fraction of sp³-hybridized carbons (Fsp3) is 0.125. The summed E-state index contributed by atoms with van der Waals surface area (Å²) in [4.78, 5) is 40.4. The van der Waals surface area contributed by atoms with Gasteiger partial charge in [-0.2, -0.15) is 0 Å². The molecule has 0 aliphatic carbocycles. The second-order valence-corrected chi connectivity index (χ2v) is 8.15. The lowest BCUT2D eigenvalue weighted by molar-refractivity contribution is -0.119. The minimum atomic E-state index is -0.970. The quantitative estimate of drug-likeness (QED) is 0.563. The highest BCUT2D eigenvalue weighted by atomic mass is 79.9. The van der Waals surface area contributed by atoms with Crippen LogP contribution in [-0.2, 0) is 11.2 Å². The van der Waals surface area contributed by atoms with Crippen molar-refractivity contribution in [1.82, 2.24) is 4.90 Å². The number of carbonyl (C=O) groups excluding carboxylic acids is 3. The van der Waals surface area contributed by atoms with Crippen molar-refractivity contribution in [3.63, 3.8) is 0 Å². The van der Waals surface area contributed by atoms with Gasteiger partial charge in [-0.25, -0.2) is 0 Å². The zero-order valence-corrected chi connectivity index (χ0v) is 17.8. The summed E-state index contributed by atoms with van der Waals surface area (Å²) < 4.78 is 0.886. The number of fused-ring (bicyclic) bond motifs is 1. The first kappa shape index (κ1) is 20.0. The lowest BCUT2D eigenvalue weighted by Gasteiger charge is -2.25. The van der Waals surface area contributed by atoms with Crippen LogP contribution in [0.4, 0.5) is 5.69 Å². The Labute approximate surface area is 182 Å². The molecule has 1 atom stereocenters. The van der Waals surface area contributed by atoms with E-state index in [9.17, 15) is 14.4 Å². The molecule has 1 heterocycles. The van der Waals surface area contributed by atoms with E-state index in [1.165, 1.54) is 0 Å². The number of halogens is 1. The summed E-state index contributed by atoms with van der Waals surface area (Å²) in [5.41, 5.74) is 3.17. The van der Waals surface area contributed by atoms with Crippen LogP contribution in [0, 0.1) is 6.92 Å². The maximum Gasteiger partial charge on any atom is 0.262 e. The van der Waals surface area contributed by atoms with Crippen molar-refractivity contribution in [2.45, 2.75) is 19.4 Å². The molecule has 1 unspecified atom stereocenters. The topological polar surface area (TPSA) is 66.5 Å². The van der Waals surface area contributed by atoms with E-state index < -0.39 is 23.8 Å². The van der Waals surface area contributed by atoms with Gasteiger partial charge < -0.3 is 5.32 Å². The van der Waals surface area contributed by atoms with E-state index in [1.807, 2.05) is 43.3 Å². The second-order valence-electron chi connectivity index (χ2n) is 7.23. The van der Waals surface area contributed by atoms with Crippen LogP contribution in [0.25, 0.3) is 0 Å². The maximum absolute atomic E-state index is 13.2. The summed E-state index contributed by atoms with van der Waals surface area (Å²) in [5.74, 6) is -1.30. The minimum Gasteiger partial charge on any atom is -0.324 e. The molecule has 1 N–H and O–H groups in total. The van der Waals surface area contributed by atoms with Gasteiger partial charge in [0.1, 0.15) is 6.04 Å². The third-order valence-electron chi connectivity index (χ3n) is 5.06. The van der Waals surface area contributed by atoms with Gasteiger partial charge in [0.25, 0.3) is 11.8 Å². The monoisotopic (exact) mass is 462 g/mol. The smallest absolute Gasteiger partial charge is 0.262 e. The van der Waals surface area contributed by atoms with Gasteiger partial charge in [0, 0.05) is 16.6 Å². The number of rotatable bonds is 5. The van der Waals surface area contributed by atoms with E-state index in [0.717, 1.165) is 20.5 Å². The highest BCUT2D eigenvalue weighted by Gasteiger charge is 2.42. The normalized spacial score (nSPS) is 13.9. The molecule has 1 aliphatic rings. The number of benzene rings is 3. The first-order valence-corrected chi connectivity index (χ1v) is 10.3. The molecular weight excluding hydrogens is 444 g/mol. The predicted molar refractivity (Wildman–Crippen MR) is 118 cm³/mol. The molecule has 3 aromatic rings. The molecular formula is C24H19BrN2O3. The Balaban J connectivity index is 1.68. The zero-order chi connectivity index (χ0) is 21.3. The fourth-order valence-electron chi connectivity index (χ4n) is 3.61. The Bertz CT molecular complexity index is 1110. The molecule has 0 saturated heterocycles. The van der Waals surface area contributed by atoms with Gasteiger partial charge >= 0.3 is 0 Å². The van der Waals surface area contributed by atoms with Gasteiger partial charge in [0.05, 0.1) is 11.1 Å². The molecule has 4 rings (SSSR count). The third kappa shape index (κ3) is 3.91. The van der Waals surface area contributed by atoms with E-state index in [-0.39, 0.29) is 6.42 Å². The van der Waals surface area contributed by atoms with E-state index in [2.05, 4.69) is 21.2 Å². The predicted octanol–water partition coefficient (Wildman–Crippen LogP) is 4.60. The number of nitrogens with zero attached hydrogens (tertiary/aromatic N) is 1. The highest BCUT2D eigenvalue weighted by Crippen LogP contribution is 2.27.